The molecule has 0 bridgehead atoms. The lowest BCUT2D eigenvalue weighted by Gasteiger charge is -2.09. The first kappa shape index (κ1) is 15.1. The molecular formula is C9H7Cl4NO2S. The van der Waals surface area contributed by atoms with Crippen molar-refractivity contribution >= 4 is 56.4 Å². The predicted octanol–water partition coefficient (Wildman–Crippen LogP) is 3.68. The highest BCUT2D eigenvalue weighted by atomic mass is 35.5. The van der Waals surface area contributed by atoms with Crippen molar-refractivity contribution in [3.05, 3.63) is 38.8 Å². The number of hydrogen-bond donors (Lipinski definition) is 1. The summed E-state index contributed by atoms with van der Waals surface area (Å²) in [5, 5.41) is 0.279. The molecule has 3 nitrogen and oxygen atoms in total. The van der Waals surface area contributed by atoms with Crippen molar-refractivity contribution in [3.63, 3.8) is 0 Å². The molecule has 8 heteroatoms. The van der Waals surface area contributed by atoms with Crippen LogP contribution in [0, 0.1) is 0 Å². The Bertz CT molecular complexity index is 533. The van der Waals surface area contributed by atoms with Crippen molar-refractivity contribution in [1.29, 1.82) is 0 Å². The maximum atomic E-state index is 11.9. The molecule has 1 rings (SSSR count). The molecule has 0 spiro atoms. The molecule has 0 aliphatic heterocycles. The molecule has 1 aromatic rings. The molecule has 0 atom stereocenters. The SMILES string of the molecule is C=C(Cl)CNS(=O)(=O)c1c(Cl)cc(Cl)cc1Cl. The molecule has 0 aliphatic rings. The Morgan fingerprint density at radius 3 is 2.12 bits per heavy atom. The first-order valence-corrected chi connectivity index (χ1v) is 7.21. The van der Waals surface area contributed by atoms with E-state index in [0.717, 1.165) is 0 Å². The Morgan fingerprint density at radius 2 is 1.71 bits per heavy atom. The summed E-state index contributed by atoms with van der Waals surface area (Å²) in [5.74, 6) is 0. The minimum absolute atomic E-state index is 0.0600. The second-order valence-electron chi connectivity index (χ2n) is 3.04. The van der Waals surface area contributed by atoms with Crippen LogP contribution in [0.1, 0.15) is 0 Å². The molecule has 0 aliphatic carbocycles. The summed E-state index contributed by atoms with van der Waals surface area (Å²) >= 11 is 22.7. The third-order valence-electron chi connectivity index (χ3n) is 1.69. The summed E-state index contributed by atoms with van der Waals surface area (Å²) in [6, 6.07) is 2.58. The molecule has 0 fully saturated rings. The number of hydrogen-bond acceptors (Lipinski definition) is 2. The maximum Gasteiger partial charge on any atom is 0.243 e. The number of benzene rings is 1. The Morgan fingerprint density at radius 1 is 1.24 bits per heavy atom. The van der Waals surface area contributed by atoms with Gasteiger partial charge >= 0.3 is 0 Å². The van der Waals surface area contributed by atoms with Gasteiger partial charge in [0.15, 0.2) is 0 Å². The molecule has 1 aromatic carbocycles. The Hall–Kier alpha value is 0.0300. The fourth-order valence-electron chi connectivity index (χ4n) is 1.03. The van der Waals surface area contributed by atoms with Gasteiger partial charge in [0.1, 0.15) is 4.90 Å². The fraction of sp³-hybridized carbons (Fsp3) is 0.111. The first-order chi connectivity index (χ1) is 7.74. The summed E-state index contributed by atoms with van der Waals surface area (Å²) in [5.41, 5.74) is 0. The largest absolute Gasteiger partial charge is 0.243 e. The zero-order valence-electron chi connectivity index (χ0n) is 8.31. The normalized spacial score (nSPS) is 11.5. The van der Waals surface area contributed by atoms with Gasteiger partial charge in [-0.3, -0.25) is 0 Å². The highest BCUT2D eigenvalue weighted by Gasteiger charge is 2.22. The average molecular weight is 335 g/mol. The summed E-state index contributed by atoms with van der Waals surface area (Å²) in [7, 11) is -3.85. The standard InChI is InChI=1S/C9H7Cl4NO2S/c1-5(10)4-14-17(15,16)9-7(12)2-6(11)3-8(9)13/h2-3,14H,1,4H2. The van der Waals surface area contributed by atoms with Gasteiger partial charge in [-0.2, -0.15) is 0 Å². The second kappa shape index (κ2) is 5.78. The molecule has 0 saturated carbocycles. The van der Waals surface area contributed by atoms with Gasteiger partial charge in [-0.05, 0) is 12.1 Å². The van der Waals surface area contributed by atoms with Crippen molar-refractivity contribution in [3.8, 4) is 0 Å². The summed E-state index contributed by atoms with van der Waals surface area (Å²) < 4.78 is 25.9. The Kier molecular flexibility index (Phi) is 5.13. The smallest absolute Gasteiger partial charge is 0.207 e. The lowest BCUT2D eigenvalue weighted by atomic mass is 10.4. The van der Waals surface area contributed by atoms with E-state index < -0.39 is 10.0 Å². The van der Waals surface area contributed by atoms with E-state index in [0.29, 0.717) is 0 Å². The van der Waals surface area contributed by atoms with Gasteiger partial charge < -0.3 is 0 Å². The van der Waals surface area contributed by atoms with Crippen LogP contribution in [-0.2, 0) is 10.0 Å². The van der Waals surface area contributed by atoms with Crippen LogP contribution in [0.5, 0.6) is 0 Å². The highest BCUT2D eigenvalue weighted by Crippen LogP contribution is 2.32. The number of sulfonamides is 1. The predicted molar refractivity (Wildman–Crippen MR) is 71.7 cm³/mol. The average Bonchev–Trinajstić information content (AvgIpc) is 2.12. The Balaban J connectivity index is 3.20. The van der Waals surface area contributed by atoms with Crippen LogP contribution in [-0.4, -0.2) is 15.0 Å². The molecule has 17 heavy (non-hydrogen) atoms. The van der Waals surface area contributed by atoms with Crippen molar-refractivity contribution < 1.29 is 8.42 Å². The van der Waals surface area contributed by atoms with Crippen molar-refractivity contribution in [2.24, 2.45) is 0 Å². The van der Waals surface area contributed by atoms with Crippen LogP contribution in [0.25, 0.3) is 0 Å². The van der Waals surface area contributed by atoms with Crippen LogP contribution in [0.2, 0.25) is 15.1 Å². The molecule has 0 amide bonds. The highest BCUT2D eigenvalue weighted by molar-refractivity contribution is 7.89. The van der Waals surface area contributed by atoms with Crippen LogP contribution in [0.4, 0.5) is 0 Å². The lowest BCUT2D eigenvalue weighted by Crippen LogP contribution is -2.25. The molecule has 0 radical (unpaired) electrons. The molecule has 1 N–H and O–H groups in total. The zero-order chi connectivity index (χ0) is 13.2. The molecule has 0 unspecified atom stereocenters. The van der Waals surface area contributed by atoms with Crippen molar-refractivity contribution in [1.82, 2.24) is 4.72 Å². The third kappa shape index (κ3) is 4.02. The van der Waals surface area contributed by atoms with E-state index in [2.05, 4.69) is 11.3 Å². The van der Waals surface area contributed by atoms with E-state index in [9.17, 15) is 8.42 Å². The van der Waals surface area contributed by atoms with Crippen LogP contribution in [0.3, 0.4) is 0 Å². The minimum atomic E-state index is -3.85. The van der Waals surface area contributed by atoms with Gasteiger partial charge in [0.05, 0.1) is 10.0 Å². The van der Waals surface area contributed by atoms with E-state index in [4.69, 9.17) is 46.4 Å². The molecule has 0 aromatic heterocycles. The molecule has 94 valence electrons. The Labute approximate surface area is 119 Å². The fourth-order valence-corrected chi connectivity index (χ4v) is 3.74. The van der Waals surface area contributed by atoms with Gasteiger partial charge in [0, 0.05) is 16.6 Å². The second-order valence-corrected chi connectivity index (χ2v) is 6.53. The van der Waals surface area contributed by atoms with Gasteiger partial charge in [0.2, 0.25) is 10.0 Å². The van der Waals surface area contributed by atoms with Gasteiger partial charge in [-0.1, -0.05) is 53.0 Å². The minimum Gasteiger partial charge on any atom is -0.207 e. The third-order valence-corrected chi connectivity index (χ3v) is 4.36. The summed E-state index contributed by atoms with van der Waals surface area (Å²) in [6.45, 7) is 3.25. The van der Waals surface area contributed by atoms with Gasteiger partial charge in [0.25, 0.3) is 0 Å². The quantitative estimate of drug-likeness (QED) is 0.912. The molecule has 0 saturated heterocycles. The number of rotatable bonds is 4. The van der Waals surface area contributed by atoms with E-state index >= 15 is 0 Å². The van der Waals surface area contributed by atoms with E-state index in [1.165, 1.54) is 12.1 Å². The topological polar surface area (TPSA) is 46.2 Å². The van der Waals surface area contributed by atoms with Crippen LogP contribution >= 0.6 is 46.4 Å². The van der Waals surface area contributed by atoms with E-state index in [1.807, 2.05) is 0 Å². The monoisotopic (exact) mass is 333 g/mol. The zero-order valence-corrected chi connectivity index (χ0v) is 12.1. The summed E-state index contributed by atoms with van der Waals surface area (Å²) in [6.07, 6.45) is 0. The first-order valence-electron chi connectivity index (χ1n) is 4.21. The number of nitrogens with one attached hydrogen (secondary N) is 1. The van der Waals surface area contributed by atoms with Gasteiger partial charge in [-0.15, -0.1) is 0 Å². The maximum absolute atomic E-state index is 11.9. The molecule has 0 heterocycles. The van der Waals surface area contributed by atoms with E-state index in [1.54, 1.807) is 0 Å². The summed E-state index contributed by atoms with van der Waals surface area (Å²) in [4.78, 5) is -0.233. The van der Waals surface area contributed by atoms with Crippen LogP contribution < -0.4 is 4.72 Å². The van der Waals surface area contributed by atoms with Crippen molar-refractivity contribution in [2.75, 3.05) is 6.54 Å². The lowest BCUT2D eigenvalue weighted by molar-refractivity contribution is 0.585. The van der Waals surface area contributed by atoms with Crippen molar-refractivity contribution in [2.45, 2.75) is 4.90 Å². The van der Waals surface area contributed by atoms with E-state index in [-0.39, 0.29) is 31.5 Å². The number of halogens is 4. The van der Waals surface area contributed by atoms with Crippen LogP contribution in [0.15, 0.2) is 28.6 Å². The van der Waals surface area contributed by atoms with Gasteiger partial charge in [-0.25, -0.2) is 13.1 Å². The molecular weight excluding hydrogens is 328 g/mol.